The largest absolute Gasteiger partial charge is 0.306 e. The van der Waals surface area contributed by atoms with E-state index in [1.807, 2.05) is 36.7 Å². The van der Waals surface area contributed by atoms with Gasteiger partial charge in [0.25, 0.3) is 0 Å². The van der Waals surface area contributed by atoms with E-state index in [9.17, 15) is 4.39 Å². The zero-order valence-electron chi connectivity index (χ0n) is 14.8. The number of nitrogens with zero attached hydrogens (tertiary/aromatic N) is 3. The number of imidazole rings is 1. The van der Waals surface area contributed by atoms with E-state index in [0.29, 0.717) is 17.8 Å². The van der Waals surface area contributed by atoms with Crippen LogP contribution in [0.3, 0.4) is 0 Å². The number of aryl methyl sites for hydroxylation is 1. The van der Waals surface area contributed by atoms with Gasteiger partial charge in [0.15, 0.2) is 0 Å². The number of hydrogen-bond donors (Lipinski definition) is 0. The normalized spacial score (nSPS) is 10.6. The number of benzene rings is 1. The summed E-state index contributed by atoms with van der Waals surface area (Å²) in [4.78, 5) is 8.94. The first-order valence-electron chi connectivity index (χ1n) is 8.86. The van der Waals surface area contributed by atoms with Crippen molar-refractivity contribution >= 4 is 5.65 Å². The molecule has 4 rings (SSSR count). The van der Waals surface area contributed by atoms with E-state index in [4.69, 9.17) is 4.98 Å². The highest BCUT2D eigenvalue weighted by molar-refractivity contribution is 5.77. The lowest BCUT2D eigenvalue weighted by Crippen LogP contribution is -1.89. The Hall–Kier alpha value is -3.45. The van der Waals surface area contributed by atoms with Crippen molar-refractivity contribution < 1.29 is 4.39 Å². The topological polar surface area (TPSA) is 30.2 Å². The Kier molecular flexibility index (Phi) is 4.93. The lowest BCUT2D eigenvalue weighted by molar-refractivity contribution is 0.476. The number of hydrogen-bond acceptors (Lipinski definition) is 2. The molecule has 0 radical (unpaired) electrons. The molecule has 0 unspecified atom stereocenters. The van der Waals surface area contributed by atoms with Crippen LogP contribution in [0.2, 0.25) is 0 Å². The number of fused-ring (bicyclic) bond motifs is 1. The van der Waals surface area contributed by atoms with E-state index in [1.165, 1.54) is 0 Å². The van der Waals surface area contributed by atoms with Gasteiger partial charge in [0.2, 0.25) is 0 Å². The van der Waals surface area contributed by atoms with Crippen LogP contribution in [-0.2, 0) is 13.1 Å². The van der Waals surface area contributed by atoms with E-state index in [-0.39, 0.29) is 0 Å². The average molecular weight is 355 g/mol. The number of pyridine rings is 2. The summed E-state index contributed by atoms with van der Waals surface area (Å²) >= 11 is 0. The van der Waals surface area contributed by atoms with Crippen LogP contribution in [0.4, 0.5) is 4.39 Å². The second-order valence-electron chi connectivity index (χ2n) is 6.20. The predicted octanol–water partition coefficient (Wildman–Crippen LogP) is 4.85. The van der Waals surface area contributed by atoms with Gasteiger partial charge in [-0.05, 0) is 35.7 Å². The van der Waals surface area contributed by atoms with Gasteiger partial charge in [-0.3, -0.25) is 0 Å². The predicted molar refractivity (Wildman–Crippen MR) is 105 cm³/mol. The fraction of sp³-hybridized carbons (Fsp3) is 0.130. The molecular weight excluding hydrogens is 337 g/mol. The molecule has 0 N–H and O–H groups in total. The summed E-state index contributed by atoms with van der Waals surface area (Å²) in [7, 11) is 0. The molecule has 0 saturated heterocycles. The standard InChI is InChI=1S/C23H18FN3/c24-16-20-13-6-12-19(25-20)10-4-5-11-21-17-27-15-7-14-22(23(27)26-21)18-8-2-1-3-9-18/h1-3,6-9,12-15,17H,5,11,16H2. The van der Waals surface area contributed by atoms with Crippen LogP contribution >= 0.6 is 0 Å². The molecule has 4 heteroatoms. The maximum Gasteiger partial charge on any atom is 0.144 e. The van der Waals surface area contributed by atoms with Crippen molar-refractivity contribution in [1.82, 2.24) is 14.4 Å². The van der Waals surface area contributed by atoms with Crippen LogP contribution < -0.4 is 0 Å². The first-order valence-corrected chi connectivity index (χ1v) is 8.86. The van der Waals surface area contributed by atoms with Gasteiger partial charge in [0, 0.05) is 30.8 Å². The zero-order valence-corrected chi connectivity index (χ0v) is 14.8. The first-order chi connectivity index (χ1) is 13.3. The van der Waals surface area contributed by atoms with Gasteiger partial charge in [-0.1, -0.05) is 42.3 Å². The van der Waals surface area contributed by atoms with Gasteiger partial charge < -0.3 is 4.40 Å². The summed E-state index contributed by atoms with van der Waals surface area (Å²) in [6.07, 6.45) is 5.49. The van der Waals surface area contributed by atoms with Gasteiger partial charge in [-0.15, -0.1) is 0 Å². The molecule has 132 valence electrons. The third-order valence-electron chi connectivity index (χ3n) is 4.28. The third-order valence-corrected chi connectivity index (χ3v) is 4.28. The average Bonchev–Trinajstić information content (AvgIpc) is 3.15. The van der Waals surface area contributed by atoms with E-state index in [2.05, 4.69) is 39.4 Å². The highest BCUT2D eigenvalue weighted by Crippen LogP contribution is 2.24. The Morgan fingerprint density at radius 2 is 1.78 bits per heavy atom. The van der Waals surface area contributed by atoms with Crippen LogP contribution in [-0.4, -0.2) is 14.4 Å². The van der Waals surface area contributed by atoms with Gasteiger partial charge in [-0.25, -0.2) is 14.4 Å². The summed E-state index contributed by atoms with van der Waals surface area (Å²) in [6, 6.07) is 19.6. The molecule has 0 aliphatic heterocycles. The molecule has 3 aromatic heterocycles. The molecular formula is C23H18FN3. The summed E-state index contributed by atoms with van der Waals surface area (Å²) in [5.41, 5.74) is 5.23. The monoisotopic (exact) mass is 355 g/mol. The van der Waals surface area contributed by atoms with Crippen molar-refractivity contribution in [2.45, 2.75) is 19.5 Å². The van der Waals surface area contributed by atoms with E-state index >= 15 is 0 Å². The van der Waals surface area contributed by atoms with Gasteiger partial charge in [-0.2, -0.15) is 0 Å². The molecule has 0 aliphatic carbocycles. The second kappa shape index (κ2) is 7.84. The fourth-order valence-corrected chi connectivity index (χ4v) is 2.99. The summed E-state index contributed by atoms with van der Waals surface area (Å²) < 4.78 is 14.7. The van der Waals surface area contributed by atoms with E-state index in [0.717, 1.165) is 28.9 Å². The van der Waals surface area contributed by atoms with Gasteiger partial charge in [0.05, 0.1) is 11.4 Å². The Morgan fingerprint density at radius 1 is 0.889 bits per heavy atom. The van der Waals surface area contributed by atoms with Crippen molar-refractivity contribution in [3.8, 4) is 23.0 Å². The third kappa shape index (κ3) is 3.88. The highest BCUT2D eigenvalue weighted by Gasteiger charge is 2.07. The highest BCUT2D eigenvalue weighted by atomic mass is 19.1. The van der Waals surface area contributed by atoms with Crippen LogP contribution in [0.25, 0.3) is 16.8 Å². The smallest absolute Gasteiger partial charge is 0.144 e. The van der Waals surface area contributed by atoms with Crippen LogP contribution in [0.1, 0.15) is 23.5 Å². The lowest BCUT2D eigenvalue weighted by Gasteiger charge is -2.02. The number of aromatic nitrogens is 3. The Bertz CT molecular complexity index is 1120. The van der Waals surface area contributed by atoms with E-state index < -0.39 is 6.67 Å². The minimum atomic E-state index is -0.569. The fourth-order valence-electron chi connectivity index (χ4n) is 2.99. The molecule has 0 aliphatic rings. The second-order valence-corrected chi connectivity index (χ2v) is 6.20. The molecule has 0 saturated carbocycles. The Morgan fingerprint density at radius 3 is 2.63 bits per heavy atom. The summed E-state index contributed by atoms with van der Waals surface area (Å²) in [6.45, 7) is -0.569. The summed E-state index contributed by atoms with van der Waals surface area (Å²) in [5.74, 6) is 6.11. The van der Waals surface area contributed by atoms with Crippen LogP contribution in [0.15, 0.2) is 73.1 Å². The number of alkyl halides is 1. The number of rotatable bonds is 4. The van der Waals surface area contributed by atoms with Crippen molar-refractivity contribution in [1.29, 1.82) is 0 Å². The molecule has 0 atom stereocenters. The van der Waals surface area contributed by atoms with Crippen LogP contribution in [0, 0.1) is 11.8 Å². The van der Waals surface area contributed by atoms with Crippen molar-refractivity contribution in [2.24, 2.45) is 0 Å². The molecule has 27 heavy (non-hydrogen) atoms. The Balaban J connectivity index is 1.51. The Labute approximate surface area is 157 Å². The molecule has 3 heterocycles. The molecule has 0 spiro atoms. The van der Waals surface area contributed by atoms with Gasteiger partial charge in [0.1, 0.15) is 18.0 Å². The SMILES string of the molecule is FCc1cccc(C#CCCc2cn3cccc(-c4ccccc4)c3n2)n1. The molecule has 3 nitrogen and oxygen atoms in total. The quantitative estimate of drug-likeness (QED) is 0.490. The van der Waals surface area contributed by atoms with E-state index in [1.54, 1.807) is 18.2 Å². The lowest BCUT2D eigenvalue weighted by atomic mass is 10.1. The molecule has 0 fully saturated rings. The number of halogens is 1. The van der Waals surface area contributed by atoms with Crippen LogP contribution in [0.5, 0.6) is 0 Å². The van der Waals surface area contributed by atoms with Crippen molar-refractivity contribution in [2.75, 3.05) is 0 Å². The molecule has 4 aromatic rings. The maximum absolute atomic E-state index is 12.7. The molecule has 0 amide bonds. The molecule has 1 aromatic carbocycles. The minimum Gasteiger partial charge on any atom is -0.306 e. The van der Waals surface area contributed by atoms with Gasteiger partial charge >= 0.3 is 0 Å². The maximum atomic E-state index is 12.7. The first kappa shape index (κ1) is 17.0. The zero-order chi connectivity index (χ0) is 18.5. The molecule has 0 bridgehead atoms. The minimum absolute atomic E-state index is 0.413. The summed E-state index contributed by atoms with van der Waals surface area (Å²) in [5, 5.41) is 0. The van der Waals surface area contributed by atoms with Crippen molar-refractivity contribution in [3.63, 3.8) is 0 Å². The van der Waals surface area contributed by atoms with Crippen molar-refractivity contribution in [3.05, 3.63) is 90.1 Å².